The molecule has 0 aliphatic rings. The van der Waals surface area contributed by atoms with Crippen molar-refractivity contribution in [2.75, 3.05) is 0 Å². The Labute approximate surface area is 115 Å². The molecule has 0 aromatic heterocycles. The fourth-order valence-corrected chi connectivity index (χ4v) is 1.65. The smallest absolute Gasteiger partial charge is 0.0181 e. The molecule has 0 heterocycles. The SMILES string of the molecule is C.C.C.C.Cc1cccc(-c2cccc(C)c2)c1. The molecule has 2 rings (SSSR count). The zero-order valence-corrected chi connectivity index (χ0v) is 8.62. The summed E-state index contributed by atoms with van der Waals surface area (Å²) >= 11 is 0. The van der Waals surface area contributed by atoms with Crippen LogP contribution < -0.4 is 0 Å². The highest BCUT2D eigenvalue weighted by Gasteiger charge is 1.96. The molecule has 0 aliphatic heterocycles. The van der Waals surface area contributed by atoms with E-state index >= 15 is 0 Å². The van der Waals surface area contributed by atoms with Crippen molar-refractivity contribution >= 4 is 0 Å². The van der Waals surface area contributed by atoms with Crippen LogP contribution in [-0.2, 0) is 0 Å². The number of rotatable bonds is 1. The Balaban J connectivity index is -0.000000562. The molecule has 0 aliphatic carbocycles. The van der Waals surface area contributed by atoms with Crippen LogP contribution >= 0.6 is 0 Å². The summed E-state index contributed by atoms with van der Waals surface area (Å²) in [6.07, 6.45) is 0. The molecule has 18 heavy (non-hydrogen) atoms. The summed E-state index contributed by atoms with van der Waals surface area (Å²) in [7, 11) is 0. The molecule has 0 saturated carbocycles. The highest BCUT2D eigenvalue weighted by molar-refractivity contribution is 5.64. The third-order valence-electron chi connectivity index (χ3n) is 2.37. The van der Waals surface area contributed by atoms with E-state index in [2.05, 4.69) is 62.4 Å². The Kier molecular flexibility index (Phi) is 11.4. The van der Waals surface area contributed by atoms with Gasteiger partial charge in [0, 0.05) is 0 Å². The second kappa shape index (κ2) is 9.47. The minimum Gasteiger partial charge on any atom is -0.0776 e. The molecule has 0 fully saturated rings. The van der Waals surface area contributed by atoms with Gasteiger partial charge in [0.1, 0.15) is 0 Å². The average Bonchev–Trinajstić information content (AvgIpc) is 2.18. The lowest BCUT2D eigenvalue weighted by molar-refractivity contribution is 1.44. The van der Waals surface area contributed by atoms with Crippen LogP contribution in [0.1, 0.15) is 40.8 Å². The first-order valence-corrected chi connectivity index (χ1v) is 4.89. The Morgan fingerprint density at radius 3 is 1.17 bits per heavy atom. The van der Waals surface area contributed by atoms with E-state index in [0.717, 1.165) is 0 Å². The van der Waals surface area contributed by atoms with Gasteiger partial charge in [-0.15, -0.1) is 0 Å². The van der Waals surface area contributed by atoms with Gasteiger partial charge in [0.15, 0.2) is 0 Å². The molecule has 0 atom stereocenters. The summed E-state index contributed by atoms with van der Waals surface area (Å²) in [6, 6.07) is 17.2. The van der Waals surface area contributed by atoms with E-state index in [1.54, 1.807) is 0 Å². The van der Waals surface area contributed by atoms with Crippen LogP contribution in [-0.4, -0.2) is 0 Å². The number of hydrogen-bond acceptors (Lipinski definition) is 0. The lowest BCUT2D eigenvalue weighted by atomic mass is 10.0. The van der Waals surface area contributed by atoms with Gasteiger partial charge in [0.05, 0.1) is 0 Å². The van der Waals surface area contributed by atoms with Crippen molar-refractivity contribution in [3.05, 3.63) is 59.7 Å². The molecule has 2 aromatic carbocycles. The van der Waals surface area contributed by atoms with E-state index in [9.17, 15) is 0 Å². The molecule has 0 spiro atoms. The summed E-state index contributed by atoms with van der Waals surface area (Å²) in [5.41, 5.74) is 5.22. The first-order chi connectivity index (χ1) is 6.75. The molecule has 0 bridgehead atoms. The van der Waals surface area contributed by atoms with E-state index in [-0.39, 0.29) is 29.7 Å². The normalized spacial score (nSPS) is 7.89. The number of benzene rings is 2. The van der Waals surface area contributed by atoms with Crippen LogP contribution in [0.25, 0.3) is 11.1 Å². The van der Waals surface area contributed by atoms with Gasteiger partial charge in [0.2, 0.25) is 0 Å². The number of aryl methyl sites for hydroxylation is 2. The molecule has 0 saturated heterocycles. The van der Waals surface area contributed by atoms with Crippen LogP contribution in [0, 0.1) is 13.8 Å². The third-order valence-corrected chi connectivity index (χ3v) is 2.37. The second-order valence-electron chi connectivity index (χ2n) is 3.74. The van der Waals surface area contributed by atoms with Crippen LogP contribution in [0.5, 0.6) is 0 Å². The molecule has 2 aromatic rings. The summed E-state index contributed by atoms with van der Waals surface area (Å²) < 4.78 is 0. The van der Waals surface area contributed by atoms with Crippen LogP contribution in [0.15, 0.2) is 48.5 Å². The zero-order chi connectivity index (χ0) is 9.97. The molecule has 0 nitrogen and oxygen atoms in total. The van der Waals surface area contributed by atoms with Gasteiger partial charge in [-0.05, 0) is 25.0 Å². The fourth-order valence-electron chi connectivity index (χ4n) is 1.65. The van der Waals surface area contributed by atoms with Crippen molar-refractivity contribution < 1.29 is 0 Å². The maximum absolute atomic E-state index is 2.22. The van der Waals surface area contributed by atoms with E-state index in [0.29, 0.717) is 0 Å². The summed E-state index contributed by atoms with van der Waals surface area (Å²) in [5, 5.41) is 0. The maximum Gasteiger partial charge on any atom is -0.0181 e. The maximum atomic E-state index is 2.22. The van der Waals surface area contributed by atoms with Gasteiger partial charge in [-0.1, -0.05) is 89.4 Å². The van der Waals surface area contributed by atoms with Crippen molar-refractivity contribution in [2.45, 2.75) is 43.6 Å². The molecule has 0 unspecified atom stereocenters. The van der Waals surface area contributed by atoms with Crippen LogP contribution in [0.4, 0.5) is 0 Å². The molecule has 0 radical (unpaired) electrons. The van der Waals surface area contributed by atoms with Gasteiger partial charge in [-0.2, -0.15) is 0 Å². The Morgan fingerprint density at radius 2 is 0.889 bits per heavy atom. The molecular formula is C18H30. The predicted molar refractivity (Wildman–Crippen MR) is 88.3 cm³/mol. The lowest BCUT2D eigenvalue weighted by Crippen LogP contribution is -1.80. The molecular weight excluding hydrogens is 216 g/mol. The van der Waals surface area contributed by atoms with Crippen LogP contribution in [0.2, 0.25) is 0 Å². The number of hydrogen-bond donors (Lipinski definition) is 0. The molecule has 0 heteroatoms. The highest BCUT2D eigenvalue weighted by atomic mass is 14.0. The van der Waals surface area contributed by atoms with E-state index in [1.807, 2.05) is 0 Å². The largest absolute Gasteiger partial charge is 0.0776 e. The van der Waals surface area contributed by atoms with Gasteiger partial charge < -0.3 is 0 Å². The van der Waals surface area contributed by atoms with E-state index in [4.69, 9.17) is 0 Å². The first kappa shape index (κ1) is 21.7. The molecule has 102 valence electrons. The third kappa shape index (κ3) is 5.18. The Hall–Kier alpha value is -1.56. The van der Waals surface area contributed by atoms with Gasteiger partial charge in [-0.25, -0.2) is 0 Å². The van der Waals surface area contributed by atoms with Crippen molar-refractivity contribution in [3.8, 4) is 11.1 Å². The fraction of sp³-hybridized carbons (Fsp3) is 0.333. The molecule has 0 amide bonds. The van der Waals surface area contributed by atoms with Gasteiger partial charge in [-0.3, -0.25) is 0 Å². The minimum atomic E-state index is 0. The van der Waals surface area contributed by atoms with Gasteiger partial charge >= 0.3 is 0 Å². The Morgan fingerprint density at radius 1 is 0.556 bits per heavy atom. The quantitative estimate of drug-likeness (QED) is 0.537. The predicted octanol–water partition coefficient (Wildman–Crippen LogP) is 6.51. The molecule has 0 N–H and O–H groups in total. The topological polar surface area (TPSA) is 0 Å². The lowest BCUT2D eigenvalue weighted by Gasteiger charge is -2.03. The van der Waals surface area contributed by atoms with Crippen LogP contribution in [0.3, 0.4) is 0 Å². The standard InChI is InChI=1S/C14H14.4CH4/c1-11-5-3-7-13(9-11)14-8-4-6-12(2)10-14;;;;/h3-10H,1-2H3;4*1H4. The second-order valence-corrected chi connectivity index (χ2v) is 3.74. The first-order valence-electron chi connectivity index (χ1n) is 4.89. The van der Waals surface area contributed by atoms with Crippen molar-refractivity contribution in [1.82, 2.24) is 0 Å². The van der Waals surface area contributed by atoms with Gasteiger partial charge in [0.25, 0.3) is 0 Å². The monoisotopic (exact) mass is 246 g/mol. The minimum absolute atomic E-state index is 0. The van der Waals surface area contributed by atoms with Crippen molar-refractivity contribution in [3.63, 3.8) is 0 Å². The zero-order valence-electron chi connectivity index (χ0n) is 8.62. The van der Waals surface area contributed by atoms with Crippen molar-refractivity contribution in [1.29, 1.82) is 0 Å². The summed E-state index contributed by atoms with van der Waals surface area (Å²) in [6.45, 7) is 4.25. The highest BCUT2D eigenvalue weighted by Crippen LogP contribution is 2.20. The van der Waals surface area contributed by atoms with E-state index < -0.39 is 0 Å². The Bertz CT molecular complexity index is 398. The van der Waals surface area contributed by atoms with Crippen molar-refractivity contribution in [2.24, 2.45) is 0 Å². The summed E-state index contributed by atoms with van der Waals surface area (Å²) in [5.74, 6) is 0. The average molecular weight is 246 g/mol. The van der Waals surface area contributed by atoms with E-state index in [1.165, 1.54) is 22.3 Å². The summed E-state index contributed by atoms with van der Waals surface area (Å²) in [4.78, 5) is 0.